The van der Waals surface area contributed by atoms with E-state index in [9.17, 15) is 4.79 Å². The minimum Gasteiger partial charge on any atom is -0.486 e. The lowest BCUT2D eigenvalue weighted by Gasteiger charge is -2.28. The maximum Gasteiger partial charge on any atom is 0.223 e. The van der Waals surface area contributed by atoms with Gasteiger partial charge in [0.1, 0.15) is 13.2 Å². The Morgan fingerprint density at radius 1 is 1.18 bits per heavy atom. The molecule has 0 bridgehead atoms. The van der Waals surface area contributed by atoms with Crippen LogP contribution in [-0.4, -0.2) is 25.7 Å². The summed E-state index contributed by atoms with van der Waals surface area (Å²) in [5, 5.41) is 3.09. The van der Waals surface area contributed by atoms with E-state index < -0.39 is 0 Å². The molecule has 4 nitrogen and oxygen atoms in total. The Kier molecular flexibility index (Phi) is 5.33. The van der Waals surface area contributed by atoms with Gasteiger partial charge in [-0.1, -0.05) is 33.8 Å². The molecule has 0 fully saturated rings. The van der Waals surface area contributed by atoms with Crippen LogP contribution in [0, 0.1) is 5.92 Å². The summed E-state index contributed by atoms with van der Waals surface area (Å²) in [6.07, 6.45) is 1.76. The topological polar surface area (TPSA) is 47.6 Å². The molecular formula is C18H27NO3. The monoisotopic (exact) mass is 305 g/mol. The number of ether oxygens (including phenoxy) is 2. The van der Waals surface area contributed by atoms with Gasteiger partial charge >= 0.3 is 0 Å². The Balaban J connectivity index is 2.05. The Labute approximate surface area is 133 Å². The second-order valence-corrected chi connectivity index (χ2v) is 6.47. The minimum atomic E-state index is -0.155. The van der Waals surface area contributed by atoms with Crippen LogP contribution in [-0.2, 0) is 10.2 Å². The first-order valence-electron chi connectivity index (χ1n) is 8.15. The lowest BCUT2D eigenvalue weighted by molar-refractivity contribution is -0.125. The van der Waals surface area contributed by atoms with Crippen molar-refractivity contribution >= 4 is 5.91 Å². The van der Waals surface area contributed by atoms with Gasteiger partial charge in [0.05, 0.1) is 0 Å². The first-order chi connectivity index (χ1) is 10.5. The van der Waals surface area contributed by atoms with Crippen LogP contribution >= 0.6 is 0 Å². The van der Waals surface area contributed by atoms with E-state index in [1.165, 1.54) is 0 Å². The molecule has 22 heavy (non-hydrogen) atoms. The van der Waals surface area contributed by atoms with E-state index in [0.29, 0.717) is 19.8 Å². The zero-order valence-corrected chi connectivity index (χ0v) is 14.1. The zero-order valence-electron chi connectivity index (χ0n) is 14.1. The van der Waals surface area contributed by atoms with Crippen LogP contribution in [0.4, 0.5) is 0 Å². The molecule has 1 N–H and O–H groups in total. The molecule has 1 aliphatic rings. The molecule has 0 aromatic heterocycles. The summed E-state index contributed by atoms with van der Waals surface area (Å²) in [4.78, 5) is 12.2. The molecule has 1 aromatic rings. The highest BCUT2D eigenvalue weighted by Gasteiger charge is 2.25. The van der Waals surface area contributed by atoms with E-state index in [1.807, 2.05) is 12.1 Å². The Morgan fingerprint density at radius 3 is 2.45 bits per heavy atom. The molecule has 4 heteroatoms. The van der Waals surface area contributed by atoms with Crippen molar-refractivity contribution in [2.24, 2.45) is 5.92 Å². The van der Waals surface area contributed by atoms with Crippen molar-refractivity contribution in [3.8, 4) is 11.5 Å². The molecule has 0 saturated heterocycles. The first kappa shape index (κ1) is 16.7. The van der Waals surface area contributed by atoms with Crippen LogP contribution in [0.25, 0.3) is 0 Å². The summed E-state index contributed by atoms with van der Waals surface area (Å²) in [5.74, 6) is 1.85. The summed E-state index contributed by atoms with van der Waals surface area (Å²) in [7, 11) is 0. The largest absolute Gasteiger partial charge is 0.486 e. The number of hydrogen-bond donors (Lipinski definition) is 1. The summed E-state index contributed by atoms with van der Waals surface area (Å²) in [6, 6.07) is 6.03. The quantitative estimate of drug-likeness (QED) is 0.877. The van der Waals surface area contributed by atoms with E-state index in [4.69, 9.17) is 9.47 Å². The summed E-state index contributed by atoms with van der Waals surface area (Å²) >= 11 is 0. The molecule has 1 heterocycles. The molecule has 0 spiro atoms. The summed E-state index contributed by atoms with van der Waals surface area (Å²) in [5.41, 5.74) is 0.985. The molecule has 0 radical (unpaired) electrons. The molecule has 1 amide bonds. The van der Waals surface area contributed by atoms with Gasteiger partial charge in [0, 0.05) is 17.9 Å². The lowest BCUT2D eigenvalue weighted by Crippen LogP contribution is -2.39. The predicted molar refractivity (Wildman–Crippen MR) is 87.5 cm³/mol. The van der Waals surface area contributed by atoms with E-state index in [-0.39, 0.29) is 17.2 Å². The van der Waals surface area contributed by atoms with E-state index in [2.05, 4.69) is 39.1 Å². The average molecular weight is 305 g/mol. The fourth-order valence-corrected chi connectivity index (χ4v) is 2.68. The summed E-state index contributed by atoms with van der Waals surface area (Å²) < 4.78 is 11.2. The van der Waals surface area contributed by atoms with Crippen molar-refractivity contribution in [3.63, 3.8) is 0 Å². The Bertz CT molecular complexity index is 521. The molecule has 2 rings (SSSR count). The van der Waals surface area contributed by atoms with Gasteiger partial charge in [0.25, 0.3) is 0 Å². The molecule has 0 aliphatic carbocycles. The van der Waals surface area contributed by atoms with Crippen LogP contribution in [0.5, 0.6) is 11.5 Å². The van der Waals surface area contributed by atoms with Gasteiger partial charge in [-0.2, -0.15) is 0 Å². The minimum absolute atomic E-state index is 0.107. The number of rotatable bonds is 6. The maximum atomic E-state index is 12.2. The number of amides is 1. The van der Waals surface area contributed by atoms with Gasteiger partial charge in [-0.25, -0.2) is 0 Å². The normalized spacial score (nSPS) is 14.0. The predicted octanol–water partition coefficient (Wildman–Crippen LogP) is 3.29. The van der Waals surface area contributed by atoms with Gasteiger partial charge in [-0.3, -0.25) is 4.79 Å². The molecule has 0 saturated carbocycles. The fourth-order valence-electron chi connectivity index (χ4n) is 2.68. The number of nitrogens with one attached hydrogen (secondary N) is 1. The van der Waals surface area contributed by atoms with E-state index in [0.717, 1.165) is 29.9 Å². The smallest absolute Gasteiger partial charge is 0.223 e. The number of hydrogen-bond acceptors (Lipinski definition) is 3. The third-order valence-corrected chi connectivity index (χ3v) is 4.38. The van der Waals surface area contributed by atoms with Crippen LogP contribution in [0.1, 0.15) is 46.1 Å². The summed E-state index contributed by atoms with van der Waals surface area (Å²) in [6.45, 7) is 10.2. The highest BCUT2D eigenvalue weighted by atomic mass is 16.6. The molecule has 0 unspecified atom stereocenters. The molecule has 0 atom stereocenters. The average Bonchev–Trinajstić information content (AvgIpc) is 2.53. The lowest BCUT2D eigenvalue weighted by atomic mass is 9.84. The molecule has 1 aliphatic heterocycles. The van der Waals surface area contributed by atoms with Crippen LogP contribution in [0.15, 0.2) is 18.2 Å². The van der Waals surface area contributed by atoms with Gasteiger partial charge in [-0.15, -0.1) is 0 Å². The van der Waals surface area contributed by atoms with Crippen molar-refractivity contribution in [2.45, 2.75) is 46.0 Å². The molecule has 122 valence electrons. The van der Waals surface area contributed by atoms with Gasteiger partial charge in [-0.05, 0) is 30.5 Å². The van der Waals surface area contributed by atoms with Crippen molar-refractivity contribution in [1.29, 1.82) is 0 Å². The van der Waals surface area contributed by atoms with Gasteiger partial charge in [0.15, 0.2) is 11.5 Å². The van der Waals surface area contributed by atoms with Crippen LogP contribution in [0.2, 0.25) is 0 Å². The maximum absolute atomic E-state index is 12.2. The number of carbonyl (C=O) groups is 1. The second-order valence-electron chi connectivity index (χ2n) is 6.47. The first-order valence-corrected chi connectivity index (χ1v) is 8.15. The van der Waals surface area contributed by atoms with Gasteiger partial charge in [0.2, 0.25) is 5.91 Å². The van der Waals surface area contributed by atoms with E-state index >= 15 is 0 Å². The SMILES string of the molecule is CCC(CC)C(=O)NCC(C)(C)c1ccc2c(c1)OCCO2. The van der Waals surface area contributed by atoms with Crippen molar-refractivity contribution in [1.82, 2.24) is 5.32 Å². The van der Waals surface area contributed by atoms with E-state index in [1.54, 1.807) is 0 Å². The third kappa shape index (κ3) is 3.73. The standard InChI is InChI=1S/C18H27NO3/c1-5-13(6-2)17(20)19-12-18(3,4)14-7-8-15-16(11-14)22-10-9-21-15/h7-8,11,13H,5-6,9-10,12H2,1-4H3,(H,19,20). The molecular weight excluding hydrogens is 278 g/mol. The highest BCUT2D eigenvalue weighted by molar-refractivity contribution is 5.78. The second kappa shape index (κ2) is 7.03. The van der Waals surface area contributed by atoms with Crippen LogP contribution < -0.4 is 14.8 Å². The number of carbonyl (C=O) groups excluding carboxylic acids is 1. The Hall–Kier alpha value is -1.71. The molecule has 1 aromatic carbocycles. The Morgan fingerprint density at radius 2 is 1.82 bits per heavy atom. The van der Waals surface area contributed by atoms with Crippen molar-refractivity contribution < 1.29 is 14.3 Å². The number of benzene rings is 1. The van der Waals surface area contributed by atoms with Crippen molar-refractivity contribution in [2.75, 3.05) is 19.8 Å². The third-order valence-electron chi connectivity index (χ3n) is 4.38. The zero-order chi connectivity index (χ0) is 16.2. The van der Waals surface area contributed by atoms with Crippen molar-refractivity contribution in [3.05, 3.63) is 23.8 Å². The highest BCUT2D eigenvalue weighted by Crippen LogP contribution is 2.34. The fraction of sp³-hybridized carbons (Fsp3) is 0.611. The van der Waals surface area contributed by atoms with Gasteiger partial charge < -0.3 is 14.8 Å². The van der Waals surface area contributed by atoms with Crippen LogP contribution in [0.3, 0.4) is 0 Å². The number of fused-ring (bicyclic) bond motifs is 1.